The number of nitrogens with zero attached hydrogens (tertiary/aromatic N) is 1. The molecule has 3 heteroatoms. The molecule has 16 heavy (non-hydrogen) atoms. The molecular formula is C13H13NO2. The molecule has 0 saturated heterocycles. The highest BCUT2D eigenvalue weighted by Crippen LogP contribution is 2.28. The molecular weight excluding hydrogens is 202 g/mol. The lowest BCUT2D eigenvalue weighted by Gasteiger charge is -2.13. The second kappa shape index (κ2) is 4.31. The monoisotopic (exact) mass is 215 g/mol. The van der Waals surface area contributed by atoms with Crippen LogP contribution in [0.3, 0.4) is 0 Å². The molecule has 0 heterocycles. The lowest BCUT2D eigenvalue weighted by atomic mass is 9.91. The van der Waals surface area contributed by atoms with Gasteiger partial charge in [-0.15, -0.1) is 0 Å². The van der Waals surface area contributed by atoms with Gasteiger partial charge in [0.2, 0.25) is 0 Å². The Hall–Kier alpha value is -1.90. The Labute approximate surface area is 94.3 Å². The van der Waals surface area contributed by atoms with Gasteiger partial charge in [-0.05, 0) is 25.0 Å². The van der Waals surface area contributed by atoms with Crippen molar-refractivity contribution >= 4 is 5.69 Å². The van der Waals surface area contributed by atoms with Crippen LogP contribution in [0.15, 0.2) is 42.5 Å². The summed E-state index contributed by atoms with van der Waals surface area (Å²) in [6.45, 7) is 1.78. The van der Waals surface area contributed by atoms with E-state index in [9.17, 15) is 10.1 Å². The molecule has 3 nitrogen and oxygen atoms in total. The van der Waals surface area contributed by atoms with Gasteiger partial charge >= 0.3 is 0 Å². The van der Waals surface area contributed by atoms with Gasteiger partial charge in [-0.3, -0.25) is 10.1 Å². The van der Waals surface area contributed by atoms with E-state index in [0.717, 1.165) is 17.5 Å². The molecule has 2 rings (SSSR count). The first kappa shape index (κ1) is 10.6. The van der Waals surface area contributed by atoms with E-state index in [0.29, 0.717) is 5.92 Å². The molecule has 0 aliphatic heterocycles. The number of hydrogen-bond donors (Lipinski definition) is 0. The molecule has 1 unspecified atom stereocenters. The Balaban J connectivity index is 2.31. The predicted molar refractivity (Wildman–Crippen MR) is 63.5 cm³/mol. The van der Waals surface area contributed by atoms with E-state index in [1.165, 1.54) is 0 Å². The lowest BCUT2D eigenvalue weighted by molar-refractivity contribution is -0.385. The Morgan fingerprint density at radius 2 is 2.19 bits per heavy atom. The van der Waals surface area contributed by atoms with Gasteiger partial charge in [0.15, 0.2) is 0 Å². The Morgan fingerprint density at radius 1 is 1.38 bits per heavy atom. The number of hydrogen-bond acceptors (Lipinski definition) is 2. The molecule has 0 spiro atoms. The summed E-state index contributed by atoms with van der Waals surface area (Å²) >= 11 is 0. The molecule has 0 radical (unpaired) electrons. The lowest BCUT2D eigenvalue weighted by Crippen LogP contribution is -1.98. The van der Waals surface area contributed by atoms with Crippen LogP contribution in [0.4, 0.5) is 5.69 Å². The average molecular weight is 215 g/mol. The Bertz CT molecular complexity index is 475. The summed E-state index contributed by atoms with van der Waals surface area (Å²) in [5.74, 6) is 0.351. The van der Waals surface area contributed by atoms with Gasteiger partial charge < -0.3 is 0 Å². The fraction of sp³-hybridized carbons (Fsp3) is 0.231. The van der Waals surface area contributed by atoms with Gasteiger partial charge in [0.1, 0.15) is 0 Å². The van der Waals surface area contributed by atoms with Crippen LogP contribution in [0, 0.1) is 17.0 Å². The molecule has 0 saturated carbocycles. The average Bonchev–Trinajstić information content (AvgIpc) is 2.29. The van der Waals surface area contributed by atoms with Crippen LogP contribution in [0.2, 0.25) is 0 Å². The quantitative estimate of drug-likeness (QED) is 0.559. The third-order valence-electron chi connectivity index (χ3n) is 2.83. The highest BCUT2D eigenvalue weighted by molar-refractivity contribution is 5.44. The fourth-order valence-electron chi connectivity index (χ4n) is 1.94. The van der Waals surface area contributed by atoms with E-state index >= 15 is 0 Å². The van der Waals surface area contributed by atoms with E-state index in [4.69, 9.17) is 0 Å². The Kier molecular flexibility index (Phi) is 2.86. The zero-order valence-corrected chi connectivity index (χ0v) is 9.09. The van der Waals surface area contributed by atoms with Crippen LogP contribution in [-0.4, -0.2) is 4.92 Å². The predicted octanol–water partition coefficient (Wildman–Crippen LogP) is 3.50. The van der Waals surface area contributed by atoms with Crippen molar-refractivity contribution in [2.75, 3.05) is 0 Å². The third kappa shape index (κ3) is 2.03. The smallest absolute Gasteiger partial charge is 0.258 e. The van der Waals surface area contributed by atoms with Crippen LogP contribution in [-0.2, 0) is 0 Å². The maximum atomic E-state index is 10.7. The fourth-order valence-corrected chi connectivity index (χ4v) is 1.94. The normalized spacial score (nSPS) is 18.7. The van der Waals surface area contributed by atoms with E-state index in [-0.39, 0.29) is 10.6 Å². The summed E-state index contributed by atoms with van der Waals surface area (Å²) in [6, 6.07) is 5.35. The first-order valence-electron chi connectivity index (χ1n) is 5.27. The summed E-state index contributed by atoms with van der Waals surface area (Å²) in [5, 5.41) is 10.7. The second-order valence-corrected chi connectivity index (χ2v) is 3.96. The molecule has 0 aromatic heterocycles. The van der Waals surface area contributed by atoms with Gasteiger partial charge in [0.25, 0.3) is 5.69 Å². The second-order valence-electron chi connectivity index (χ2n) is 3.96. The summed E-state index contributed by atoms with van der Waals surface area (Å²) in [6.07, 6.45) is 9.25. The maximum absolute atomic E-state index is 10.7. The molecule has 0 N–H and O–H groups in total. The minimum absolute atomic E-state index is 0.194. The van der Waals surface area contributed by atoms with Gasteiger partial charge in [0.05, 0.1) is 4.92 Å². The first-order valence-corrected chi connectivity index (χ1v) is 5.27. The van der Waals surface area contributed by atoms with Crippen LogP contribution in [0.5, 0.6) is 0 Å². The third-order valence-corrected chi connectivity index (χ3v) is 2.83. The zero-order chi connectivity index (χ0) is 11.5. The number of benzene rings is 1. The molecule has 0 fully saturated rings. The van der Waals surface area contributed by atoms with Crippen LogP contribution < -0.4 is 0 Å². The van der Waals surface area contributed by atoms with Crippen LogP contribution in [0.25, 0.3) is 0 Å². The highest BCUT2D eigenvalue weighted by atomic mass is 16.6. The van der Waals surface area contributed by atoms with Crippen LogP contribution in [0.1, 0.15) is 23.5 Å². The summed E-state index contributed by atoms with van der Waals surface area (Å²) in [5.41, 5.74) is 2.06. The van der Waals surface area contributed by atoms with Gasteiger partial charge in [0, 0.05) is 17.5 Å². The zero-order valence-electron chi connectivity index (χ0n) is 9.09. The van der Waals surface area contributed by atoms with Crippen molar-refractivity contribution in [3.05, 3.63) is 63.7 Å². The molecule has 1 aromatic carbocycles. The molecule has 1 atom stereocenters. The highest BCUT2D eigenvalue weighted by Gasteiger charge is 2.14. The van der Waals surface area contributed by atoms with Gasteiger partial charge in [-0.25, -0.2) is 0 Å². The maximum Gasteiger partial charge on any atom is 0.272 e. The Morgan fingerprint density at radius 3 is 2.75 bits per heavy atom. The van der Waals surface area contributed by atoms with Crippen molar-refractivity contribution in [3.8, 4) is 0 Å². The molecule has 1 aliphatic rings. The van der Waals surface area contributed by atoms with Crippen molar-refractivity contribution in [2.24, 2.45) is 0 Å². The molecule has 1 aliphatic carbocycles. The molecule has 0 amide bonds. The van der Waals surface area contributed by atoms with E-state index in [1.807, 2.05) is 24.3 Å². The largest absolute Gasteiger partial charge is 0.272 e. The van der Waals surface area contributed by atoms with Crippen LogP contribution >= 0.6 is 0 Å². The summed E-state index contributed by atoms with van der Waals surface area (Å²) < 4.78 is 0. The van der Waals surface area contributed by atoms with Crippen molar-refractivity contribution in [1.29, 1.82) is 0 Å². The number of aryl methyl sites for hydroxylation is 1. The molecule has 1 aromatic rings. The summed E-state index contributed by atoms with van der Waals surface area (Å²) in [4.78, 5) is 10.4. The first-order chi connectivity index (χ1) is 7.68. The van der Waals surface area contributed by atoms with Crippen molar-refractivity contribution in [2.45, 2.75) is 19.3 Å². The molecule has 0 bridgehead atoms. The molecule has 82 valence electrons. The SMILES string of the molecule is Cc1cc(C2C=CC=CC2)ccc1[N+](=O)[O-]. The number of allylic oxidation sites excluding steroid dienone is 4. The van der Waals surface area contributed by atoms with Crippen molar-refractivity contribution in [3.63, 3.8) is 0 Å². The standard InChI is InChI=1S/C13H13NO2/c1-10-9-12(7-8-13(10)14(15)16)11-5-3-2-4-6-11/h2-5,7-9,11H,6H2,1H3. The van der Waals surface area contributed by atoms with Crippen molar-refractivity contribution in [1.82, 2.24) is 0 Å². The summed E-state index contributed by atoms with van der Waals surface area (Å²) in [7, 11) is 0. The van der Waals surface area contributed by atoms with Crippen molar-refractivity contribution < 1.29 is 4.92 Å². The number of nitro benzene ring substituents is 1. The minimum atomic E-state index is -0.338. The van der Waals surface area contributed by atoms with Gasteiger partial charge in [-0.2, -0.15) is 0 Å². The van der Waals surface area contributed by atoms with E-state index in [1.54, 1.807) is 13.0 Å². The van der Waals surface area contributed by atoms with E-state index in [2.05, 4.69) is 12.2 Å². The number of nitro groups is 1. The van der Waals surface area contributed by atoms with Gasteiger partial charge in [-0.1, -0.05) is 30.4 Å². The van der Waals surface area contributed by atoms with E-state index < -0.39 is 0 Å². The topological polar surface area (TPSA) is 43.1 Å². The minimum Gasteiger partial charge on any atom is -0.258 e. The number of rotatable bonds is 2.